The molecule has 0 aromatic heterocycles. The fourth-order valence-corrected chi connectivity index (χ4v) is 1.76. The maximum atomic E-state index is 11.0. The highest BCUT2D eigenvalue weighted by molar-refractivity contribution is 8.14. The second-order valence-corrected chi connectivity index (χ2v) is 3.51. The van der Waals surface area contributed by atoms with Gasteiger partial charge in [-0.3, -0.25) is 9.79 Å². The molecule has 0 aromatic rings. The lowest BCUT2D eigenvalue weighted by molar-refractivity contribution is -0.119. The van der Waals surface area contributed by atoms with E-state index in [9.17, 15) is 4.79 Å². The Morgan fingerprint density at radius 1 is 1.90 bits per heavy atom. The maximum Gasteiger partial charge on any atom is 0.157 e. The lowest BCUT2D eigenvalue weighted by Crippen LogP contribution is -2.16. The summed E-state index contributed by atoms with van der Waals surface area (Å²) in [6, 6.07) is -0.0324. The molecule has 1 aliphatic heterocycles. The van der Waals surface area contributed by atoms with E-state index in [1.807, 2.05) is 13.8 Å². The van der Waals surface area contributed by atoms with Crippen molar-refractivity contribution in [3.8, 4) is 0 Å². The second kappa shape index (κ2) is 3.19. The van der Waals surface area contributed by atoms with Gasteiger partial charge < -0.3 is 0 Å². The van der Waals surface area contributed by atoms with Gasteiger partial charge in [-0.15, -0.1) is 11.8 Å². The zero-order valence-corrected chi connectivity index (χ0v) is 7.07. The van der Waals surface area contributed by atoms with Gasteiger partial charge in [0.15, 0.2) is 5.78 Å². The number of aliphatic imine (C=N–C) groups is 1. The number of hydrogen-bond donors (Lipinski definition) is 0. The van der Waals surface area contributed by atoms with Crippen molar-refractivity contribution in [2.24, 2.45) is 4.99 Å². The van der Waals surface area contributed by atoms with Gasteiger partial charge in [-0.2, -0.15) is 0 Å². The van der Waals surface area contributed by atoms with Crippen molar-refractivity contribution in [2.75, 3.05) is 5.75 Å². The summed E-state index contributed by atoms with van der Waals surface area (Å²) in [6.07, 6.45) is 0.613. The van der Waals surface area contributed by atoms with Crippen LogP contribution in [-0.4, -0.2) is 22.6 Å². The van der Waals surface area contributed by atoms with Gasteiger partial charge in [0, 0.05) is 12.2 Å². The van der Waals surface area contributed by atoms with Crippen LogP contribution in [0.5, 0.6) is 0 Å². The highest BCUT2D eigenvalue weighted by Crippen LogP contribution is 2.18. The molecule has 1 rings (SSSR count). The summed E-state index contributed by atoms with van der Waals surface area (Å²) >= 11 is 1.68. The summed E-state index contributed by atoms with van der Waals surface area (Å²) in [7, 11) is 0. The van der Waals surface area contributed by atoms with E-state index in [2.05, 4.69) is 4.99 Å². The fraction of sp³-hybridized carbons (Fsp3) is 0.714. The van der Waals surface area contributed by atoms with Gasteiger partial charge in [-0.05, 0) is 6.92 Å². The smallest absolute Gasteiger partial charge is 0.157 e. The average Bonchev–Trinajstić information content (AvgIpc) is 2.34. The van der Waals surface area contributed by atoms with E-state index in [1.165, 1.54) is 0 Å². The summed E-state index contributed by atoms with van der Waals surface area (Å²) in [6.45, 7) is 3.84. The molecule has 1 aliphatic rings. The predicted octanol–water partition coefficient (Wildman–Crippen LogP) is 1.50. The molecular weight excluding hydrogens is 146 g/mol. The largest absolute Gasteiger partial charge is 0.297 e. The standard InChI is InChI=1S/C7H11NOS/c1-3-7(9)6-4-10-5(2)8-6/h6H,3-4H2,1-2H3. The molecule has 0 bridgehead atoms. The van der Waals surface area contributed by atoms with Crippen LogP contribution in [0, 0.1) is 0 Å². The van der Waals surface area contributed by atoms with Crippen LogP contribution < -0.4 is 0 Å². The lowest BCUT2D eigenvalue weighted by atomic mass is 10.2. The fourth-order valence-electron chi connectivity index (χ4n) is 0.894. The zero-order valence-electron chi connectivity index (χ0n) is 6.26. The number of thioether (sulfide) groups is 1. The molecular formula is C7H11NOS. The number of ketones is 1. The molecule has 0 radical (unpaired) electrons. The molecule has 56 valence electrons. The van der Waals surface area contributed by atoms with Crippen LogP contribution in [0.25, 0.3) is 0 Å². The third-order valence-corrected chi connectivity index (χ3v) is 2.51. The van der Waals surface area contributed by atoms with Crippen molar-refractivity contribution in [3.63, 3.8) is 0 Å². The molecule has 10 heavy (non-hydrogen) atoms. The van der Waals surface area contributed by atoms with Gasteiger partial charge in [0.25, 0.3) is 0 Å². The van der Waals surface area contributed by atoms with E-state index in [4.69, 9.17) is 0 Å². The summed E-state index contributed by atoms with van der Waals surface area (Å²) in [4.78, 5) is 15.2. The molecule has 2 nitrogen and oxygen atoms in total. The SMILES string of the molecule is CCC(=O)C1CSC(C)=N1. The zero-order chi connectivity index (χ0) is 7.56. The predicted molar refractivity (Wildman–Crippen MR) is 44.7 cm³/mol. The first-order valence-corrected chi connectivity index (χ1v) is 4.42. The number of carbonyl (C=O) groups excluding carboxylic acids is 1. The number of Topliss-reactive ketones (excluding diaryl/α,β-unsaturated/α-hetero) is 1. The van der Waals surface area contributed by atoms with Gasteiger partial charge in [0.1, 0.15) is 6.04 Å². The number of nitrogens with zero attached hydrogens (tertiary/aromatic N) is 1. The van der Waals surface area contributed by atoms with Crippen LogP contribution in [-0.2, 0) is 4.79 Å². The minimum absolute atomic E-state index is 0.0324. The van der Waals surface area contributed by atoms with Crippen LogP contribution in [0.3, 0.4) is 0 Å². The Kier molecular flexibility index (Phi) is 2.49. The van der Waals surface area contributed by atoms with Gasteiger partial charge >= 0.3 is 0 Å². The second-order valence-electron chi connectivity index (χ2n) is 2.29. The van der Waals surface area contributed by atoms with E-state index in [0.717, 1.165) is 10.8 Å². The molecule has 3 heteroatoms. The number of rotatable bonds is 2. The van der Waals surface area contributed by atoms with Crippen LogP contribution in [0.15, 0.2) is 4.99 Å². The molecule has 1 heterocycles. The van der Waals surface area contributed by atoms with Crippen LogP contribution in [0.2, 0.25) is 0 Å². The average molecular weight is 157 g/mol. The monoisotopic (exact) mass is 157 g/mol. The van der Waals surface area contributed by atoms with Crippen molar-refractivity contribution in [3.05, 3.63) is 0 Å². The van der Waals surface area contributed by atoms with E-state index < -0.39 is 0 Å². The molecule has 1 atom stereocenters. The van der Waals surface area contributed by atoms with E-state index in [1.54, 1.807) is 11.8 Å². The van der Waals surface area contributed by atoms with Gasteiger partial charge in [-0.25, -0.2) is 0 Å². The van der Waals surface area contributed by atoms with E-state index in [0.29, 0.717) is 6.42 Å². The lowest BCUT2D eigenvalue weighted by Gasteiger charge is -1.99. The Labute approximate surface area is 65.1 Å². The third kappa shape index (κ3) is 1.59. The van der Waals surface area contributed by atoms with Gasteiger partial charge in [-0.1, -0.05) is 6.92 Å². The highest BCUT2D eigenvalue weighted by Gasteiger charge is 2.20. The summed E-state index contributed by atoms with van der Waals surface area (Å²) < 4.78 is 0. The molecule has 0 aliphatic carbocycles. The molecule has 0 aromatic carbocycles. The Morgan fingerprint density at radius 3 is 3.00 bits per heavy atom. The molecule has 0 spiro atoms. The first-order chi connectivity index (χ1) is 4.74. The summed E-state index contributed by atoms with van der Waals surface area (Å²) in [5.74, 6) is 1.13. The number of carbonyl (C=O) groups is 1. The Morgan fingerprint density at radius 2 is 2.60 bits per heavy atom. The molecule has 0 amide bonds. The van der Waals surface area contributed by atoms with Crippen molar-refractivity contribution in [2.45, 2.75) is 26.3 Å². The van der Waals surface area contributed by atoms with Crippen molar-refractivity contribution in [1.29, 1.82) is 0 Å². The molecule has 0 saturated carbocycles. The van der Waals surface area contributed by atoms with Crippen molar-refractivity contribution >= 4 is 22.6 Å². The first-order valence-electron chi connectivity index (χ1n) is 3.44. The van der Waals surface area contributed by atoms with Crippen molar-refractivity contribution < 1.29 is 4.79 Å². The quantitative estimate of drug-likeness (QED) is 0.608. The van der Waals surface area contributed by atoms with Gasteiger partial charge in [0.05, 0.1) is 5.04 Å². The molecule has 1 unspecified atom stereocenters. The van der Waals surface area contributed by atoms with E-state index >= 15 is 0 Å². The van der Waals surface area contributed by atoms with Crippen LogP contribution >= 0.6 is 11.8 Å². The minimum Gasteiger partial charge on any atom is -0.297 e. The first kappa shape index (κ1) is 7.79. The Balaban J connectivity index is 2.52. The normalized spacial score (nSPS) is 24.6. The van der Waals surface area contributed by atoms with Crippen LogP contribution in [0.1, 0.15) is 20.3 Å². The third-order valence-electron chi connectivity index (χ3n) is 1.51. The van der Waals surface area contributed by atoms with Gasteiger partial charge in [0.2, 0.25) is 0 Å². The summed E-state index contributed by atoms with van der Waals surface area (Å²) in [5, 5.41) is 1.05. The molecule has 0 N–H and O–H groups in total. The minimum atomic E-state index is -0.0324. The van der Waals surface area contributed by atoms with Crippen molar-refractivity contribution in [1.82, 2.24) is 0 Å². The van der Waals surface area contributed by atoms with E-state index in [-0.39, 0.29) is 11.8 Å². The molecule has 0 fully saturated rings. The Hall–Kier alpha value is -0.310. The summed E-state index contributed by atoms with van der Waals surface area (Å²) in [5.41, 5.74) is 0. The maximum absolute atomic E-state index is 11.0. The Bertz CT molecular complexity index is 176. The van der Waals surface area contributed by atoms with Crippen LogP contribution in [0.4, 0.5) is 0 Å². The highest BCUT2D eigenvalue weighted by atomic mass is 32.2. The molecule has 0 saturated heterocycles. The number of hydrogen-bond acceptors (Lipinski definition) is 3. The topological polar surface area (TPSA) is 29.4 Å².